The van der Waals surface area contributed by atoms with Crippen molar-refractivity contribution < 1.29 is 13.2 Å². The Balaban J connectivity index is 2.25. The monoisotopic (exact) mass is 371 g/mol. The van der Waals surface area contributed by atoms with E-state index in [-0.39, 0.29) is 21.4 Å². The van der Waals surface area contributed by atoms with Crippen LogP contribution in [0.25, 0.3) is 0 Å². The molecule has 0 aliphatic heterocycles. The number of halogens is 2. The van der Waals surface area contributed by atoms with Gasteiger partial charge in [0.1, 0.15) is 0 Å². The average Bonchev–Trinajstić information content (AvgIpc) is 2.46. The topological polar surface area (TPSA) is 63.2 Å². The van der Waals surface area contributed by atoms with E-state index in [0.717, 1.165) is 5.56 Å². The van der Waals surface area contributed by atoms with E-state index >= 15 is 0 Å². The molecule has 0 heterocycles. The fourth-order valence-electron chi connectivity index (χ4n) is 1.94. The van der Waals surface area contributed by atoms with E-state index in [1.807, 2.05) is 18.6 Å². The second-order valence-corrected chi connectivity index (χ2v) is 7.81. The first kappa shape index (κ1) is 17.8. The van der Waals surface area contributed by atoms with Gasteiger partial charge in [0.25, 0.3) is 15.9 Å². The molecule has 23 heavy (non-hydrogen) atoms. The average molecular weight is 372 g/mol. The Labute approximate surface area is 145 Å². The van der Waals surface area contributed by atoms with Gasteiger partial charge in [-0.3, -0.25) is 4.79 Å². The minimum absolute atomic E-state index is 0.0142. The summed E-state index contributed by atoms with van der Waals surface area (Å²) >= 11 is 11.7. The molecule has 0 bridgehead atoms. The van der Waals surface area contributed by atoms with Crippen LogP contribution in [0.2, 0.25) is 10.0 Å². The van der Waals surface area contributed by atoms with E-state index in [0.29, 0.717) is 5.02 Å². The van der Waals surface area contributed by atoms with Gasteiger partial charge in [0.2, 0.25) is 0 Å². The number of carbonyl (C=O) groups excluding carboxylic acids is 1. The van der Waals surface area contributed by atoms with Crippen LogP contribution in [0.15, 0.2) is 47.4 Å². The van der Waals surface area contributed by atoms with Crippen LogP contribution < -0.4 is 4.72 Å². The third kappa shape index (κ3) is 4.25. The van der Waals surface area contributed by atoms with Crippen molar-refractivity contribution in [2.24, 2.45) is 0 Å². The molecule has 0 fully saturated rings. The van der Waals surface area contributed by atoms with Crippen LogP contribution in [-0.2, 0) is 10.0 Å². The molecule has 0 aliphatic carbocycles. The van der Waals surface area contributed by atoms with Gasteiger partial charge in [-0.15, -0.1) is 0 Å². The van der Waals surface area contributed by atoms with Crippen molar-refractivity contribution in [2.45, 2.75) is 24.7 Å². The third-order valence-corrected chi connectivity index (χ3v) is 5.15. The number of hydrogen-bond acceptors (Lipinski definition) is 3. The fourth-order valence-corrected chi connectivity index (χ4v) is 3.40. The van der Waals surface area contributed by atoms with Crippen molar-refractivity contribution >= 4 is 39.1 Å². The normalized spacial score (nSPS) is 11.5. The van der Waals surface area contributed by atoms with E-state index in [1.54, 1.807) is 12.1 Å². The predicted molar refractivity (Wildman–Crippen MR) is 91.6 cm³/mol. The standard InChI is InChI=1S/C16H15Cl2NO3S/c1-10(2)11-3-6-13(7-4-11)23(21,22)19-16(20)14-8-5-12(17)9-15(14)18/h3-10H,1-2H3,(H,19,20). The van der Waals surface area contributed by atoms with Gasteiger partial charge in [-0.1, -0.05) is 49.2 Å². The SMILES string of the molecule is CC(C)c1ccc(S(=O)(=O)NC(=O)c2ccc(Cl)cc2Cl)cc1. The molecule has 0 saturated heterocycles. The van der Waals surface area contributed by atoms with E-state index < -0.39 is 15.9 Å². The fraction of sp³-hybridized carbons (Fsp3) is 0.188. The minimum atomic E-state index is -3.97. The molecule has 0 atom stereocenters. The second-order valence-electron chi connectivity index (χ2n) is 5.28. The molecule has 2 rings (SSSR count). The van der Waals surface area contributed by atoms with Crippen molar-refractivity contribution in [1.82, 2.24) is 4.72 Å². The molecular weight excluding hydrogens is 357 g/mol. The van der Waals surface area contributed by atoms with Crippen molar-refractivity contribution in [3.63, 3.8) is 0 Å². The van der Waals surface area contributed by atoms with Gasteiger partial charge in [-0.05, 0) is 41.8 Å². The molecule has 1 N–H and O–H groups in total. The number of sulfonamides is 1. The van der Waals surface area contributed by atoms with Crippen molar-refractivity contribution in [3.05, 3.63) is 63.6 Å². The summed E-state index contributed by atoms with van der Waals surface area (Å²) < 4.78 is 26.6. The van der Waals surface area contributed by atoms with Gasteiger partial charge in [-0.25, -0.2) is 13.1 Å². The summed E-state index contributed by atoms with van der Waals surface area (Å²) in [5.41, 5.74) is 1.05. The van der Waals surface area contributed by atoms with Crippen LogP contribution >= 0.6 is 23.2 Å². The molecular formula is C16H15Cl2NO3S. The highest BCUT2D eigenvalue weighted by atomic mass is 35.5. The number of amides is 1. The molecule has 4 nitrogen and oxygen atoms in total. The molecule has 0 unspecified atom stereocenters. The van der Waals surface area contributed by atoms with Crippen LogP contribution in [0.1, 0.15) is 35.7 Å². The quantitative estimate of drug-likeness (QED) is 0.873. The number of rotatable bonds is 4. The lowest BCUT2D eigenvalue weighted by atomic mass is 10.0. The largest absolute Gasteiger partial charge is 0.268 e. The summed E-state index contributed by atoms with van der Waals surface area (Å²) in [7, 11) is -3.97. The van der Waals surface area contributed by atoms with Gasteiger partial charge in [0.05, 0.1) is 15.5 Å². The Morgan fingerprint density at radius 3 is 2.17 bits per heavy atom. The van der Waals surface area contributed by atoms with Gasteiger partial charge in [0.15, 0.2) is 0 Å². The van der Waals surface area contributed by atoms with Crippen molar-refractivity contribution in [2.75, 3.05) is 0 Å². The van der Waals surface area contributed by atoms with Crippen LogP contribution in [0.3, 0.4) is 0 Å². The second kappa shape index (κ2) is 6.91. The van der Waals surface area contributed by atoms with Crippen molar-refractivity contribution in [3.8, 4) is 0 Å². The highest BCUT2D eigenvalue weighted by molar-refractivity contribution is 7.90. The van der Waals surface area contributed by atoms with Crippen molar-refractivity contribution in [1.29, 1.82) is 0 Å². The summed E-state index contributed by atoms with van der Waals surface area (Å²) in [6.07, 6.45) is 0. The molecule has 7 heteroatoms. The summed E-state index contributed by atoms with van der Waals surface area (Å²) in [6.45, 7) is 4.02. The summed E-state index contributed by atoms with van der Waals surface area (Å²) in [4.78, 5) is 12.1. The third-order valence-electron chi connectivity index (χ3n) is 3.26. The number of hydrogen-bond donors (Lipinski definition) is 1. The van der Waals surface area contributed by atoms with Gasteiger partial charge >= 0.3 is 0 Å². The zero-order valence-corrected chi connectivity index (χ0v) is 14.8. The zero-order valence-electron chi connectivity index (χ0n) is 12.5. The lowest BCUT2D eigenvalue weighted by Crippen LogP contribution is -2.30. The first-order chi connectivity index (χ1) is 10.7. The predicted octanol–water partition coefficient (Wildman–Crippen LogP) is 4.24. The van der Waals surface area contributed by atoms with Crippen LogP contribution in [0.5, 0.6) is 0 Å². The number of benzene rings is 2. The molecule has 0 radical (unpaired) electrons. The molecule has 1 amide bonds. The van der Waals surface area contributed by atoms with Gasteiger partial charge in [0, 0.05) is 5.02 Å². The smallest absolute Gasteiger partial charge is 0.266 e. The summed E-state index contributed by atoms with van der Waals surface area (Å²) in [6, 6.07) is 10.6. The Morgan fingerprint density at radius 1 is 1.04 bits per heavy atom. The maximum absolute atomic E-state index is 12.3. The zero-order chi connectivity index (χ0) is 17.2. The van der Waals surface area contributed by atoms with E-state index in [1.165, 1.54) is 30.3 Å². The highest BCUT2D eigenvalue weighted by Crippen LogP contribution is 2.22. The molecule has 0 aliphatic rings. The van der Waals surface area contributed by atoms with Crippen LogP contribution in [0.4, 0.5) is 0 Å². The molecule has 0 aromatic heterocycles. The van der Waals surface area contributed by atoms with E-state index in [9.17, 15) is 13.2 Å². The highest BCUT2D eigenvalue weighted by Gasteiger charge is 2.20. The number of nitrogens with one attached hydrogen (secondary N) is 1. The Bertz CT molecular complexity index is 831. The molecule has 122 valence electrons. The van der Waals surface area contributed by atoms with E-state index in [4.69, 9.17) is 23.2 Å². The molecule has 2 aromatic carbocycles. The molecule has 0 spiro atoms. The Kier molecular flexibility index (Phi) is 5.34. The maximum Gasteiger partial charge on any atom is 0.266 e. The molecule has 0 saturated carbocycles. The Hall–Kier alpha value is -1.56. The Morgan fingerprint density at radius 2 is 1.65 bits per heavy atom. The lowest BCUT2D eigenvalue weighted by molar-refractivity contribution is 0.0981. The number of carbonyl (C=O) groups is 1. The first-order valence-corrected chi connectivity index (χ1v) is 9.07. The van der Waals surface area contributed by atoms with Gasteiger partial charge < -0.3 is 0 Å². The minimum Gasteiger partial charge on any atom is -0.268 e. The van der Waals surface area contributed by atoms with E-state index in [2.05, 4.69) is 0 Å². The summed E-state index contributed by atoms with van der Waals surface area (Å²) in [5.74, 6) is -0.520. The maximum atomic E-state index is 12.3. The summed E-state index contributed by atoms with van der Waals surface area (Å²) in [5, 5.41) is 0.444. The lowest BCUT2D eigenvalue weighted by Gasteiger charge is -2.10. The van der Waals surface area contributed by atoms with Gasteiger partial charge in [-0.2, -0.15) is 0 Å². The van der Waals surface area contributed by atoms with Crippen LogP contribution in [0, 0.1) is 0 Å². The first-order valence-electron chi connectivity index (χ1n) is 6.83. The molecule has 2 aromatic rings. The van der Waals surface area contributed by atoms with Crippen LogP contribution in [-0.4, -0.2) is 14.3 Å².